The fourth-order valence-electron chi connectivity index (χ4n) is 6.19. The maximum absolute atomic E-state index is 12.3. The van der Waals surface area contributed by atoms with Gasteiger partial charge in [0.25, 0.3) is 0 Å². The van der Waals surface area contributed by atoms with E-state index in [1.807, 2.05) is 30.3 Å². The molecule has 3 aromatic rings. The van der Waals surface area contributed by atoms with Crippen LogP contribution < -0.4 is 20.3 Å². The molecule has 2 aromatic carbocycles. The molecule has 2 aliphatic heterocycles. The van der Waals surface area contributed by atoms with Crippen molar-refractivity contribution in [2.45, 2.75) is 44.6 Å². The molecule has 3 aliphatic rings. The Kier molecular flexibility index (Phi) is 9.64. The molecule has 6 rings (SSSR count). The van der Waals surface area contributed by atoms with Crippen molar-refractivity contribution in [3.63, 3.8) is 0 Å². The molecule has 2 saturated heterocycles. The maximum atomic E-state index is 12.3. The van der Waals surface area contributed by atoms with Crippen LogP contribution in [0.2, 0.25) is 5.02 Å². The van der Waals surface area contributed by atoms with Crippen LogP contribution in [0.5, 0.6) is 5.75 Å². The van der Waals surface area contributed by atoms with E-state index in [2.05, 4.69) is 60.6 Å². The van der Waals surface area contributed by atoms with Crippen LogP contribution in [-0.4, -0.2) is 85.0 Å². The fourth-order valence-corrected chi connectivity index (χ4v) is 6.33. The van der Waals surface area contributed by atoms with E-state index >= 15 is 0 Å². The number of rotatable bonds is 11. The Balaban J connectivity index is 1.06. The molecule has 232 valence electrons. The highest BCUT2D eigenvalue weighted by Crippen LogP contribution is 2.34. The van der Waals surface area contributed by atoms with E-state index in [4.69, 9.17) is 16.3 Å². The number of benzene rings is 2. The van der Waals surface area contributed by atoms with E-state index < -0.39 is 0 Å². The monoisotopic (exact) mass is 615 g/mol. The van der Waals surface area contributed by atoms with E-state index in [1.54, 1.807) is 13.3 Å². The van der Waals surface area contributed by atoms with Crippen LogP contribution in [0.25, 0.3) is 0 Å². The van der Waals surface area contributed by atoms with Crippen molar-refractivity contribution >= 4 is 46.2 Å². The van der Waals surface area contributed by atoms with E-state index in [-0.39, 0.29) is 5.78 Å². The number of carbonyl (C=O) groups excluding carboxylic acids is 1. The number of ether oxygens (including phenoxy) is 1. The molecule has 0 amide bonds. The molecular formula is C34H42ClN7O2. The second kappa shape index (κ2) is 14.0. The van der Waals surface area contributed by atoms with Crippen molar-refractivity contribution in [2.24, 2.45) is 0 Å². The number of ketones is 1. The summed E-state index contributed by atoms with van der Waals surface area (Å²) in [5, 5.41) is 6.99. The fraction of sp³-hybridized carbons (Fsp3) is 0.441. The van der Waals surface area contributed by atoms with Gasteiger partial charge in [0.1, 0.15) is 16.6 Å². The van der Waals surface area contributed by atoms with Crippen LogP contribution in [0.1, 0.15) is 37.7 Å². The number of halogens is 1. The Morgan fingerprint density at radius 3 is 2.43 bits per heavy atom. The molecule has 1 aromatic heterocycles. The summed E-state index contributed by atoms with van der Waals surface area (Å²) in [6.45, 7) is 6.75. The van der Waals surface area contributed by atoms with Gasteiger partial charge >= 0.3 is 0 Å². The lowest BCUT2D eigenvalue weighted by Gasteiger charge is -2.42. The lowest BCUT2D eigenvalue weighted by molar-refractivity contribution is -0.117. The first-order valence-electron chi connectivity index (χ1n) is 15.6. The van der Waals surface area contributed by atoms with Gasteiger partial charge < -0.3 is 25.2 Å². The van der Waals surface area contributed by atoms with Crippen LogP contribution >= 0.6 is 11.6 Å². The average Bonchev–Trinajstić information content (AvgIpc) is 3.02. The molecule has 44 heavy (non-hydrogen) atoms. The number of hydrogen-bond acceptors (Lipinski definition) is 9. The molecule has 0 saturated carbocycles. The number of allylic oxidation sites excluding steroid dienone is 2. The predicted molar refractivity (Wildman–Crippen MR) is 178 cm³/mol. The molecule has 2 N–H and O–H groups in total. The number of likely N-dealkylation sites (N-methyl/N-ethyl adjacent to an activating group) is 1. The maximum Gasteiger partial charge on any atom is 0.229 e. The summed E-state index contributed by atoms with van der Waals surface area (Å²) in [4.78, 5) is 28.9. The summed E-state index contributed by atoms with van der Waals surface area (Å²) in [6.07, 6.45) is 9.25. The molecule has 3 heterocycles. The number of anilines is 5. The van der Waals surface area contributed by atoms with Crippen molar-refractivity contribution in [1.29, 1.82) is 0 Å². The lowest BCUT2D eigenvalue weighted by Crippen LogP contribution is -2.52. The van der Waals surface area contributed by atoms with Gasteiger partial charge in [0.05, 0.1) is 19.0 Å². The number of hydrogen-bond donors (Lipinski definition) is 2. The van der Waals surface area contributed by atoms with Crippen LogP contribution in [0.15, 0.2) is 60.3 Å². The number of piperazine rings is 1. The van der Waals surface area contributed by atoms with Crippen molar-refractivity contribution in [1.82, 2.24) is 19.8 Å². The van der Waals surface area contributed by atoms with Gasteiger partial charge in [-0.25, -0.2) is 4.98 Å². The van der Waals surface area contributed by atoms with Gasteiger partial charge in [-0.3, -0.25) is 9.69 Å². The molecule has 9 nitrogen and oxygen atoms in total. The lowest BCUT2D eigenvalue weighted by atomic mass is 9.92. The Labute approximate surface area is 265 Å². The third kappa shape index (κ3) is 7.52. The van der Waals surface area contributed by atoms with Gasteiger partial charge in [-0.2, -0.15) is 4.98 Å². The summed E-state index contributed by atoms with van der Waals surface area (Å²) in [6, 6.07) is 14.7. The highest BCUT2D eigenvalue weighted by atomic mass is 35.5. The number of piperidine rings is 1. The van der Waals surface area contributed by atoms with Crippen LogP contribution in [0.3, 0.4) is 0 Å². The van der Waals surface area contributed by atoms with Gasteiger partial charge in [0.15, 0.2) is 5.82 Å². The van der Waals surface area contributed by atoms with E-state index in [1.165, 1.54) is 31.5 Å². The van der Waals surface area contributed by atoms with E-state index in [0.717, 1.165) is 67.4 Å². The minimum atomic E-state index is 0.250. The summed E-state index contributed by atoms with van der Waals surface area (Å²) in [7, 11) is 3.89. The van der Waals surface area contributed by atoms with Crippen LogP contribution in [0.4, 0.5) is 28.8 Å². The first-order chi connectivity index (χ1) is 21.4. The molecule has 0 bridgehead atoms. The van der Waals surface area contributed by atoms with Gasteiger partial charge in [-0.15, -0.1) is 0 Å². The normalized spacial score (nSPS) is 18.0. The Hall–Kier alpha value is -3.66. The largest absolute Gasteiger partial charge is 0.494 e. The highest BCUT2D eigenvalue weighted by Gasteiger charge is 2.27. The zero-order valence-electron chi connectivity index (χ0n) is 25.7. The zero-order valence-corrected chi connectivity index (χ0v) is 26.4. The third-order valence-electron chi connectivity index (χ3n) is 9.00. The first-order valence-corrected chi connectivity index (χ1v) is 16.0. The molecule has 2 fully saturated rings. The minimum Gasteiger partial charge on any atom is -0.494 e. The number of nitrogens with one attached hydrogen (secondary N) is 2. The van der Waals surface area contributed by atoms with Crippen LogP contribution in [-0.2, 0) is 11.2 Å². The van der Waals surface area contributed by atoms with E-state index in [9.17, 15) is 4.79 Å². The number of nitrogens with zero attached hydrogens (tertiary/aromatic N) is 5. The topological polar surface area (TPSA) is 85.9 Å². The molecule has 0 atom stereocenters. The number of carbonyl (C=O) groups is 1. The minimum absolute atomic E-state index is 0.250. The van der Waals surface area contributed by atoms with Crippen molar-refractivity contribution in [3.8, 4) is 5.75 Å². The van der Waals surface area contributed by atoms with Crippen molar-refractivity contribution < 1.29 is 9.53 Å². The van der Waals surface area contributed by atoms with Gasteiger partial charge in [0.2, 0.25) is 5.95 Å². The van der Waals surface area contributed by atoms with E-state index in [0.29, 0.717) is 35.7 Å². The summed E-state index contributed by atoms with van der Waals surface area (Å²) in [5.74, 6) is 1.88. The Bertz CT molecular complexity index is 1480. The first kappa shape index (κ1) is 30.4. The molecule has 0 unspecified atom stereocenters. The predicted octanol–water partition coefficient (Wildman–Crippen LogP) is 6.06. The SMILES string of the molecule is COc1cc(N2CCC(N3CCN(C)CC3)CC2)ccc1Nc1ncc(Cl)c(Nc2ccc(CC(=O)CC3=CCC3)cc2)n1. The quantitative estimate of drug-likeness (QED) is 0.250. The summed E-state index contributed by atoms with van der Waals surface area (Å²) in [5.41, 5.74) is 5.03. The molecule has 10 heteroatoms. The number of aromatic nitrogens is 2. The Morgan fingerprint density at radius 2 is 1.75 bits per heavy atom. The molecule has 0 spiro atoms. The number of Topliss-reactive ketones (excluding diaryl/α,β-unsaturated/α-hetero) is 1. The second-order valence-corrected chi connectivity index (χ2v) is 12.5. The van der Waals surface area contributed by atoms with Crippen LogP contribution in [0, 0.1) is 0 Å². The van der Waals surface area contributed by atoms with Crippen molar-refractivity contribution in [2.75, 3.05) is 69.0 Å². The van der Waals surface area contributed by atoms with Gasteiger partial charge in [0, 0.05) is 75.6 Å². The third-order valence-corrected chi connectivity index (χ3v) is 9.28. The summed E-state index contributed by atoms with van der Waals surface area (Å²) < 4.78 is 5.77. The summed E-state index contributed by atoms with van der Waals surface area (Å²) >= 11 is 6.45. The average molecular weight is 616 g/mol. The zero-order chi connectivity index (χ0) is 30.5. The second-order valence-electron chi connectivity index (χ2n) is 12.1. The van der Waals surface area contributed by atoms with Gasteiger partial charge in [-0.1, -0.05) is 35.4 Å². The highest BCUT2D eigenvalue weighted by molar-refractivity contribution is 6.32. The smallest absolute Gasteiger partial charge is 0.229 e. The molecule has 1 aliphatic carbocycles. The molecule has 0 radical (unpaired) electrons. The molecular weight excluding hydrogens is 574 g/mol. The standard InChI is InChI=1S/C34H42ClN7O2/c1-40-16-18-42(19-17-40)27-12-14-41(15-13-27)28-10-11-31(32(22-28)44-2)38-34-36-23-30(35)33(39-34)37-26-8-6-25(7-9-26)21-29(43)20-24-4-3-5-24/h4,6-11,22-23,27H,3,5,12-21H2,1-2H3,(H2,36,37,38,39). The Morgan fingerprint density at radius 1 is 1.00 bits per heavy atom. The number of methoxy groups -OCH3 is 1. The van der Waals surface area contributed by atoms with Crippen molar-refractivity contribution in [3.05, 3.63) is 70.9 Å². The van der Waals surface area contributed by atoms with Gasteiger partial charge in [-0.05, 0) is 62.6 Å².